The molecule has 0 aliphatic carbocycles. The van der Waals surface area contributed by atoms with Crippen molar-refractivity contribution in [3.05, 3.63) is 35.4 Å². The lowest BCUT2D eigenvalue weighted by Gasteiger charge is -2.20. The first-order chi connectivity index (χ1) is 9.88. The first kappa shape index (κ1) is 18.3. The van der Waals surface area contributed by atoms with Gasteiger partial charge < -0.3 is 15.5 Å². The molecule has 0 radical (unpaired) electrons. The molecule has 7 heteroatoms. The zero-order chi connectivity index (χ0) is 15.9. The van der Waals surface area contributed by atoms with Crippen LogP contribution in [0.4, 0.5) is 13.2 Å². The predicted octanol–water partition coefficient (Wildman–Crippen LogP) is 2.44. The number of aliphatic hydroxyl groups excluding tert-OH is 2. The van der Waals surface area contributed by atoms with Gasteiger partial charge >= 0.3 is 6.18 Å². The Balaban J connectivity index is 2.76. The van der Waals surface area contributed by atoms with Gasteiger partial charge in [0, 0.05) is 17.5 Å². The van der Waals surface area contributed by atoms with Gasteiger partial charge in [0.05, 0.1) is 18.3 Å². The molecule has 0 saturated carbocycles. The largest absolute Gasteiger partial charge is 0.416 e. The molecule has 0 heterocycles. The van der Waals surface area contributed by atoms with E-state index in [2.05, 4.69) is 5.32 Å². The third-order valence-corrected chi connectivity index (χ3v) is 4.06. The fourth-order valence-corrected chi connectivity index (χ4v) is 2.89. The average Bonchev–Trinajstić information content (AvgIpc) is 2.45. The monoisotopic (exact) mass is 323 g/mol. The lowest BCUT2D eigenvalue weighted by Crippen LogP contribution is -2.24. The number of thioether (sulfide) groups is 1. The molecule has 0 spiro atoms. The van der Waals surface area contributed by atoms with E-state index in [-0.39, 0.29) is 12.6 Å². The van der Waals surface area contributed by atoms with Crippen LogP contribution in [0, 0.1) is 0 Å². The lowest BCUT2D eigenvalue weighted by molar-refractivity contribution is -0.137. The zero-order valence-corrected chi connectivity index (χ0v) is 12.5. The maximum atomic E-state index is 12.7. The third-order valence-electron chi connectivity index (χ3n) is 2.87. The smallest absolute Gasteiger partial charge is 0.394 e. The van der Waals surface area contributed by atoms with Crippen LogP contribution in [0.25, 0.3) is 0 Å². The van der Waals surface area contributed by atoms with E-state index in [0.717, 1.165) is 12.1 Å². The van der Waals surface area contributed by atoms with E-state index in [1.165, 1.54) is 17.8 Å². The number of nitrogens with one attached hydrogen (secondary N) is 1. The highest BCUT2D eigenvalue weighted by Gasteiger charge is 2.30. The summed E-state index contributed by atoms with van der Waals surface area (Å²) in [5.74, 6) is 0.865. The number of rotatable bonds is 8. The van der Waals surface area contributed by atoms with E-state index in [1.807, 2.05) is 6.92 Å². The maximum absolute atomic E-state index is 12.7. The van der Waals surface area contributed by atoms with Crippen molar-refractivity contribution in [1.82, 2.24) is 5.32 Å². The SMILES string of the molecule is CCNC(CSCC(O)CO)c1cccc(C(F)(F)F)c1. The van der Waals surface area contributed by atoms with Crippen LogP contribution in [-0.4, -0.2) is 41.0 Å². The Morgan fingerprint density at radius 3 is 2.57 bits per heavy atom. The van der Waals surface area contributed by atoms with Gasteiger partial charge in [0.25, 0.3) is 0 Å². The maximum Gasteiger partial charge on any atom is 0.416 e. The number of alkyl halides is 3. The highest BCUT2D eigenvalue weighted by atomic mass is 32.2. The minimum Gasteiger partial charge on any atom is -0.394 e. The van der Waals surface area contributed by atoms with Crippen molar-refractivity contribution in [1.29, 1.82) is 0 Å². The molecule has 0 amide bonds. The number of aliphatic hydroxyl groups is 2. The molecule has 1 rings (SSSR count). The zero-order valence-electron chi connectivity index (χ0n) is 11.7. The summed E-state index contributed by atoms with van der Waals surface area (Å²) in [7, 11) is 0. The van der Waals surface area contributed by atoms with E-state index in [1.54, 1.807) is 6.07 Å². The Hall–Kier alpha value is -0.760. The molecule has 1 aromatic rings. The number of hydrogen-bond acceptors (Lipinski definition) is 4. The molecule has 0 aliphatic rings. The topological polar surface area (TPSA) is 52.5 Å². The predicted molar refractivity (Wildman–Crippen MR) is 78.3 cm³/mol. The number of benzene rings is 1. The molecule has 0 bridgehead atoms. The van der Waals surface area contributed by atoms with Gasteiger partial charge in [0.15, 0.2) is 0 Å². The van der Waals surface area contributed by atoms with Gasteiger partial charge in [-0.3, -0.25) is 0 Å². The van der Waals surface area contributed by atoms with Gasteiger partial charge in [0.2, 0.25) is 0 Å². The molecule has 120 valence electrons. The molecule has 0 aromatic heterocycles. The normalized spacial score (nSPS) is 15.0. The molecule has 3 nitrogen and oxygen atoms in total. The summed E-state index contributed by atoms with van der Waals surface area (Å²) in [5.41, 5.74) is -0.0963. The van der Waals surface area contributed by atoms with E-state index in [4.69, 9.17) is 5.11 Å². The summed E-state index contributed by atoms with van der Waals surface area (Å²) >= 11 is 1.39. The standard InChI is InChI=1S/C14H20F3NO2S/c1-2-18-13(9-21-8-12(20)7-19)10-4-3-5-11(6-10)14(15,16)17/h3-6,12-13,18-20H,2,7-9H2,1H3. The second-order valence-corrected chi connectivity index (χ2v) is 5.68. The van der Waals surface area contributed by atoms with E-state index >= 15 is 0 Å². The molecule has 0 fully saturated rings. The van der Waals surface area contributed by atoms with Gasteiger partial charge in [-0.05, 0) is 24.2 Å². The van der Waals surface area contributed by atoms with Gasteiger partial charge in [-0.25, -0.2) is 0 Å². The molecule has 2 atom stereocenters. The molecule has 0 aliphatic heterocycles. The van der Waals surface area contributed by atoms with Crippen LogP contribution in [0.15, 0.2) is 24.3 Å². The Morgan fingerprint density at radius 2 is 2.00 bits per heavy atom. The minimum absolute atomic E-state index is 0.229. The molecular weight excluding hydrogens is 303 g/mol. The summed E-state index contributed by atoms with van der Waals surface area (Å²) in [6.07, 6.45) is -5.16. The third kappa shape index (κ3) is 6.25. The van der Waals surface area contributed by atoms with Crippen LogP contribution in [0.5, 0.6) is 0 Å². The van der Waals surface area contributed by atoms with Crippen molar-refractivity contribution in [2.24, 2.45) is 0 Å². The first-order valence-electron chi connectivity index (χ1n) is 6.65. The van der Waals surface area contributed by atoms with Crippen molar-refractivity contribution >= 4 is 11.8 Å². The quantitative estimate of drug-likeness (QED) is 0.688. The summed E-state index contributed by atoms with van der Waals surface area (Å²) < 4.78 is 38.2. The van der Waals surface area contributed by atoms with Gasteiger partial charge in [0.1, 0.15) is 0 Å². The molecule has 0 saturated heterocycles. The Morgan fingerprint density at radius 1 is 1.29 bits per heavy atom. The highest BCUT2D eigenvalue weighted by Crippen LogP contribution is 2.31. The van der Waals surface area contributed by atoms with Crippen molar-refractivity contribution in [2.75, 3.05) is 24.7 Å². The molecule has 2 unspecified atom stereocenters. The molecule has 21 heavy (non-hydrogen) atoms. The van der Waals surface area contributed by atoms with Crippen molar-refractivity contribution in [2.45, 2.75) is 25.2 Å². The number of hydrogen-bond donors (Lipinski definition) is 3. The van der Waals surface area contributed by atoms with E-state index < -0.39 is 17.8 Å². The minimum atomic E-state index is -4.35. The summed E-state index contributed by atoms with van der Waals surface area (Å²) in [4.78, 5) is 0. The fourth-order valence-electron chi connectivity index (χ4n) is 1.83. The van der Waals surface area contributed by atoms with Gasteiger partial charge in [-0.1, -0.05) is 19.1 Å². The second-order valence-electron chi connectivity index (χ2n) is 4.61. The van der Waals surface area contributed by atoms with E-state index in [0.29, 0.717) is 23.6 Å². The number of halogens is 3. The highest BCUT2D eigenvalue weighted by molar-refractivity contribution is 7.99. The average molecular weight is 323 g/mol. The van der Waals surface area contributed by atoms with Crippen LogP contribution >= 0.6 is 11.8 Å². The van der Waals surface area contributed by atoms with Crippen LogP contribution in [-0.2, 0) is 6.18 Å². The molecular formula is C14H20F3NO2S. The molecule has 3 N–H and O–H groups in total. The van der Waals surface area contributed by atoms with Crippen molar-refractivity contribution in [3.63, 3.8) is 0 Å². The van der Waals surface area contributed by atoms with Crippen molar-refractivity contribution in [3.8, 4) is 0 Å². The first-order valence-corrected chi connectivity index (χ1v) is 7.81. The fraction of sp³-hybridized carbons (Fsp3) is 0.571. The van der Waals surface area contributed by atoms with Crippen molar-refractivity contribution < 1.29 is 23.4 Å². The van der Waals surface area contributed by atoms with Crippen LogP contribution in [0.1, 0.15) is 24.1 Å². The van der Waals surface area contributed by atoms with Crippen LogP contribution in [0.2, 0.25) is 0 Å². The summed E-state index contributed by atoms with van der Waals surface area (Å²) in [5, 5.41) is 21.2. The Labute approximate surface area is 126 Å². The molecule has 1 aromatic carbocycles. The van der Waals surface area contributed by atoms with Crippen LogP contribution in [0.3, 0.4) is 0 Å². The Bertz CT molecular complexity index is 429. The second kappa shape index (κ2) is 8.63. The van der Waals surface area contributed by atoms with Gasteiger partial charge in [-0.15, -0.1) is 0 Å². The van der Waals surface area contributed by atoms with Crippen LogP contribution < -0.4 is 5.32 Å². The van der Waals surface area contributed by atoms with Gasteiger partial charge in [-0.2, -0.15) is 24.9 Å². The lowest BCUT2D eigenvalue weighted by atomic mass is 10.0. The Kier molecular flexibility index (Phi) is 7.51. The summed E-state index contributed by atoms with van der Waals surface area (Å²) in [6, 6.07) is 5.03. The van der Waals surface area contributed by atoms with E-state index in [9.17, 15) is 18.3 Å². The summed E-state index contributed by atoms with van der Waals surface area (Å²) in [6.45, 7) is 2.19.